The molecule has 0 saturated heterocycles. The molecule has 2 aromatic rings. The zero-order chi connectivity index (χ0) is 14.9. The van der Waals surface area contributed by atoms with Gasteiger partial charge in [0, 0.05) is 12.1 Å². The van der Waals surface area contributed by atoms with Crippen LogP contribution in [-0.4, -0.2) is 5.91 Å². The van der Waals surface area contributed by atoms with Gasteiger partial charge >= 0.3 is 0 Å². The van der Waals surface area contributed by atoms with E-state index in [1.165, 1.54) is 0 Å². The summed E-state index contributed by atoms with van der Waals surface area (Å²) in [6.45, 7) is 0. The van der Waals surface area contributed by atoms with Crippen molar-refractivity contribution in [1.29, 1.82) is 0 Å². The summed E-state index contributed by atoms with van der Waals surface area (Å²) < 4.78 is 52.4. The van der Waals surface area contributed by atoms with Crippen molar-refractivity contribution >= 4 is 17.3 Å². The molecule has 0 aliphatic carbocycles. The number of nitrogen functional groups attached to an aromatic ring is 1. The molecule has 7 heteroatoms. The Morgan fingerprint density at radius 3 is 2.10 bits per heavy atom. The number of carbonyl (C=O) groups is 1. The molecular formula is C13H8F4N2O. The van der Waals surface area contributed by atoms with Crippen LogP contribution in [0.2, 0.25) is 0 Å². The van der Waals surface area contributed by atoms with Gasteiger partial charge in [-0.25, -0.2) is 17.6 Å². The molecule has 0 atom stereocenters. The van der Waals surface area contributed by atoms with E-state index in [0.717, 1.165) is 18.2 Å². The fourth-order valence-corrected chi connectivity index (χ4v) is 1.59. The van der Waals surface area contributed by atoms with Gasteiger partial charge in [0.25, 0.3) is 5.91 Å². The van der Waals surface area contributed by atoms with E-state index in [0.29, 0.717) is 12.1 Å². The highest BCUT2D eigenvalue weighted by Gasteiger charge is 2.19. The van der Waals surface area contributed by atoms with Crippen LogP contribution in [0.15, 0.2) is 30.3 Å². The van der Waals surface area contributed by atoms with Gasteiger partial charge in [0.15, 0.2) is 0 Å². The number of anilines is 2. The minimum absolute atomic E-state index is 0.0143. The van der Waals surface area contributed by atoms with E-state index >= 15 is 0 Å². The predicted molar refractivity (Wildman–Crippen MR) is 65.1 cm³/mol. The fourth-order valence-electron chi connectivity index (χ4n) is 1.59. The van der Waals surface area contributed by atoms with Crippen LogP contribution in [0.1, 0.15) is 10.4 Å². The van der Waals surface area contributed by atoms with Gasteiger partial charge in [-0.1, -0.05) is 0 Å². The largest absolute Gasteiger partial charge is 0.397 e. The molecule has 0 radical (unpaired) electrons. The maximum Gasteiger partial charge on any atom is 0.261 e. The average Bonchev–Trinajstić information content (AvgIpc) is 2.31. The Bertz CT molecular complexity index is 665. The lowest BCUT2D eigenvalue weighted by Gasteiger charge is -2.09. The number of nitrogens with two attached hydrogens (primary N) is 1. The van der Waals surface area contributed by atoms with Crippen molar-refractivity contribution in [2.45, 2.75) is 0 Å². The average molecular weight is 284 g/mol. The van der Waals surface area contributed by atoms with Crippen molar-refractivity contribution in [3.05, 3.63) is 59.2 Å². The lowest BCUT2D eigenvalue weighted by Crippen LogP contribution is -2.17. The van der Waals surface area contributed by atoms with E-state index in [1.54, 1.807) is 0 Å². The van der Waals surface area contributed by atoms with Crippen molar-refractivity contribution in [2.75, 3.05) is 11.1 Å². The van der Waals surface area contributed by atoms with Gasteiger partial charge < -0.3 is 11.1 Å². The van der Waals surface area contributed by atoms with Crippen LogP contribution in [-0.2, 0) is 0 Å². The summed E-state index contributed by atoms with van der Waals surface area (Å²) in [4.78, 5) is 11.7. The summed E-state index contributed by atoms with van der Waals surface area (Å²) in [6, 6.07) is 3.86. The van der Waals surface area contributed by atoms with E-state index in [-0.39, 0.29) is 11.4 Å². The van der Waals surface area contributed by atoms with Gasteiger partial charge in [-0.3, -0.25) is 4.79 Å². The first-order chi connectivity index (χ1) is 9.38. The number of hydrogen-bond donors (Lipinski definition) is 2. The molecule has 104 valence electrons. The van der Waals surface area contributed by atoms with E-state index in [4.69, 9.17) is 5.73 Å². The highest BCUT2D eigenvalue weighted by atomic mass is 19.1. The summed E-state index contributed by atoms with van der Waals surface area (Å²) in [6.07, 6.45) is 0. The number of hydrogen-bond acceptors (Lipinski definition) is 2. The first kappa shape index (κ1) is 13.9. The van der Waals surface area contributed by atoms with Crippen molar-refractivity contribution in [2.24, 2.45) is 0 Å². The summed E-state index contributed by atoms with van der Waals surface area (Å²) in [5.74, 6) is -5.61. The second-order valence-corrected chi connectivity index (χ2v) is 3.93. The van der Waals surface area contributed by atoms with Crippen LogP contribution < -0.4 is 11.1 Å². The molecule has 0 unspecified atom stereocenters. The Labute approximate surface area is 111 Å². The molecule has 0 aliphatic heterocycles. The molecule has 0 fully saturated rings. The molecule has 0 bridgehead atoms. The topological polar surface area (TPSA) is 55.1 Å². The van der Waals surface area contributed by atoms with Gasteiger partial charge in [0.1, 0.15) is 28.8 Å². The second kappa shape index (κ2) is 5.20. The molecule has 0 aromatic heterocycles. The van der Waals surface area contributed by atoms with Crippen molar-refractivity contribution < 1.29 is 22.4 Å². The third-order valence-corrected chi connectivity index (χ3v) is 2.50. The first-order valence-corrected chi connectivity index (χ1v) is 5.39. The first-order valence-electron chi connectivity index (χ1n) is 5.39. The highest BCUT2D eigenvalue weighted by Crippen LogP contribution is 2.22. The zero-order valence-electron chi connectivity index (χ0n) is 9.88. The van der Waals surface area contributed by atoms with Gasteiger partial charge in [0.2, 0.25) is 0 Å². The minimum atomic E-state index is -1.35. The van der Waals surface area contributed by atoms with Gasteiger partial charge in [0.05, 0.1) is 11.4 Å². The lowest BCUT2D eigenvalue weighted by molar-refractivity contribution is 0.101. The molecule has 2 rings (SSSR count). The minimum Gasteiger partial charge on any atom is -0.397 e. The molecule has 0 saturated carbocycles. The van der Waals surface area contributed by atoms with Crippen molar-refractivity contribution in [3.63, 3.8) is 0 Å². The lowest BCUT2D eigenvalue weighted by atomic mass is 10.1. The summed E-state index contributed by atoms with van der Waals surface area (Å²) in [7, 11) is 0. The smallest absolute Gasteiger partial charge is 0.261 e. The Balaban J connectivity index is 2.33. The van der Waals surface area contributed by atoms with E-state index in [2.05, 4.69) is 5.32 Å². The third kappa shape index (κ3) is 2.71. The van der Waals surface area contributed by atoms with Gasteiger partial charge in [-0.15, -0.1) is 0 Å². The zero-order valence-corrected chi connectivity index (χ0v) is 9.88. The highest BCUT2D eigenvalue weighted by molar-refractivity contribution is 6.06. The summed E-state index contributed by atoms with van der Waals surface area (Å²) >= 11 is 0. The monoisotopic (exact) mass is 284 g/mol. The van der Waals surface area contributed by atoms with Crippen LogP contribution in [0.3, 0.4) is 0 Å². The molecule has 0 spiro atoms. The summed E-state index contributed by atoms with van der Waals surface area (Å²) in [5, 5.41) is 2.12. The normalized spacial score (nSPS) is 10.4. The van der Waals surface area contributed by atoms with E-state index in [9.17, 15) is 22.4 Å². The molecule has 1 amide bonds. The van der Waals surface area contributed by atoms with Gasteiger partial charge in [-0.05, 0) is 18.2 Å². The number of carbonyl (C=O) groups excluding carboxylic acids is 1. The number of amides is 1. The van der Waals surface area contributed by atoms with Crippen molar-refractivity contribution in [1.82, 2.24) is 0 Å². The molecule has 2 aromatic carbocycles. The standard InChI is InChI=1S/C13H8F4N2O/c14-6-1-2-11(10(18)5-6)19-13(20)12-8(16)3-7(15)4-9(12)17/h1-5H,18H2,(H,19,20). The van der Waals surface area contributed by atoms with Crippen molar-refractivity contribution in [3.8, 4) is 0 Å². The van der Waals surface area contributed by atoms with Crippen LogP contribution in [0, 0.1) is 23.3 Å². The summed E-state index contributed by atoms with van der Waals surface area (Å²) in [5.41, 5.74) is 4.37. The second-order valence-electron chi connectivity index (χ2n) is 3.93. The van der Waals surface area contributed by atoms with E-state index in [1.807, 2.05) is 0 Å². The number of rotatable bonds is 2. The fraction of sp³-hybridized carbons (Fsp3) is 0. The molecular weight excluding hydrogens is 276 g/mol. The maximum atomic E-state index is 13.4. The van der Waals surface area contributed by atoms with Crippen LogP contribution in [0.4, 0.5) is 28.9 Å². The Kier molecular flexibility index (Phi) is 3.60. The molecule has 3 N–H and O–H groups in total. The van der Waals surface area contributed by atoms with E-state index < -0.39 is 34.7 Å². The maximum absolute atomic E-state index is 13.4. The van der Waals surface area contributed by atoms with Crippen LogP contribution >= 0.6 is 0 Å². The number of nitrogens with one attached hydrogen (secondary N) is 1. The SMILES string of the molecule is Nc1cc(F)ccc1NC(=O)c1c(F)cc(F)cc1F. The Morgan fingerprint density at radius 1 is 0.950 bits per heavy atom. The molecule has 20 heavy (non-hydrogen) atoms. The molecule has 3 nitrogen and oxygen atoms in total. The molecule has 0 aliphatic rings. The Hall–Kier alpha value is -2.57. The number of benzene rings is 2. The van der Waals surface area contributed by atoms with Crippen LogP contribution in [0.25, 0.3) is 0 Å². The van der Waals surface area contributed by atoms with Crippen LogP contribution in [0.5, 0.6) is 0 Å². The predicted octanol–water partition coefficient (Wildman–Crippen LogP) is 3.08. The number of halogens is 4. The van der Waals surface area contributed by atoms with Gasteiger partial charge in [-0.2, -0.15) is 0 Å². The Morgan fingerprint density at radius 2 is 1.55 bits per heavy atom. The quantitative estimate of drug-likeness (QED) is 0.657. The third-order valence-electron chi connectivity index (χ3n) is 2.50. The molecule has 0 heterocycles.